The number of aryl methyl sites for hydroxylation is 4. The molecule has 0 saturated heterocycles. The molecule has 0 fully saturated rings. The van der Waals surface area contributed by atoms with E-state index in [-0.39, 0.29) is 12.5 Å². The van der Waals surface area contributed by atoms with Crippen LogP contribution in [0.4, 0.5) is 11.4 Å². The van der Waals surface area contributed by atoms with Gasteiger partial charge in [-0.15, -0.1) is 0 Å². The molecule has 0 radical (unpaired) electrons. The summed E-state index contributed by atoms with van der Waals surface area (Å²) in [4.78, 5) is 12.6. The summed E-state index contributed by atoms with van der Waals surface area (Å²) in [5.41, 5.74) is 5.99. The van der Waals surface area contributed by atoms with Crippen LogP contribution >= 0.6 is 0 Å². The van der Waals surface area contributed by atoms with Crippen LogP contribution in [-0.2, 0) is 14.8 Å². The maximum absolute atomic E-state index is 12.6. The Hall–Kier alpha value is -2.34. The van der Waals surface area contributed by atoms with E-state index in [0.717, 1.165) is 34.1 Å². The van der Waals surface area contributed by atoms with Gasteiger partial charge in [-0.25, -0.2) is 8.42 Å². The number of nitrogens with zero attached hydrogens (tertiary/aromatic N) is 1. The van der Waals surface area contributed by atoms with Crippen molar-refractivity contribution in [2.75, 3.05) is 22.4 Å². The van der Waals surface area contributed by atoms with E-state index in [0.29, 0.717) is 11.4 Å². The normalized spacial score (nSPS) is 11.3. The van der Waals surface area contributed by atoms with Crippen molar-refractivity contribution in [1.29, 1.82) is 0 Å². The summed E-state index contributed by atoms with van der Waals surface area (Å²) in [6.45, 7) is 9.30. The number of anilines is 2. The van der Waals surface area contributed by atoms with Crippen molar-refractivity contribution < 1.29 is 13.2 Å². The lowest BCUT2D eigenvalue weighted by molar-refractivity contribution is -0.114. The lowest BCUT2D eigenvalue weighted by Crippen LogP contribution is -2.38. The van der Waals surface area contributed by atoms with Crippen LogP contribution in [0.25, 0.3) is 0 Å². The number of rotatable bonds is 5. The molecule has 0 aromatic heterocycles. The number of sulfonamides is 1. The highest BCUT2D eigenvalue weighted by Crippen LogP contribution is 2.28. The summed E-state index contributed by atoms with van der Waals surface area (Å²) in [5.74, 6) is -0.372. The highest BCUT2D eigenvalue weighted by molar-refractivity contribution is 7.92. The topological polar surface area (TPSA) is 66.5 Å². The van der Waals surface area contributed by atoms with Crippen LogP contribution in [-0.4, -0.2) is 27.1 Å². The SMILES string of the molecule is Cc1cc(C)c(N(CC(=O)Nc2cccc(C)c2C)S(C)(=O)=O)c(C)c1. The van der Waals surface area contributed by atoms with Crippen LogP contribution in [0.15, 0.2) is 30.3 Å². The quantitative estimate of drug-likeness (QED) is 0.869. The first-order valence-electron chi connectivity index (χ1n) is 8.42. The fraction of sp³-hybridized carbons (Fsp3) is 0.350. The van der Waals surface area contributed by atoms with Crippen molar-refractivity contribution in [2.24, 2.45) is 0 Å². The van der Waals surface area contributed by atoms with Crippen LogP contribution in [0.5, 0.6) is 0 Å². The number of carbonyl (C=O) groups excluding carboxylic acids is 1. The average molecular weight is 375 g/mol. The Morgan fingerprint density at radius 1 is 1.00 bits per heavy atom. The van der Waals surface area contributed by atoms with Gasteiger partial charge in [0.15, 0.2) is 0 Å². The third-order valence-corrected chi connectivity index (χ3v) is 5.56. The minimum Gasteiger partial charge on any atom is -0.324 e. The van der Waals surface area contributed by atoms with E-state index >= 15 is 0 Å². The fourth-order valence-corrected chi connectivity index (χ4v) is 4.11. The van der Waals surface area contributed by atoms with Gasteiger partial charge < -0.3 is 5.32 Å². The Labute approximate surface area is 156 Å². The molecule has 6 heteroatoms. The number of carbonyl (C=O) groups is 1. The van der Waals surface area contributed by atoms with Gasteiger partial charge in [-0.05, 0) is 62.9 Å². The molecule has 0 aliphatic carbocycles. The molecule has 2 rings (SSSR count). The molecule has 140 valence electrons. The van der Waals surface area contributed by atoms with E-state index in [1.807, 2.05) is 65.0 Å². The first-order valence-corrected chi connectivity index (χ1v) is 10.3. The third kappa shape index (κ3) is 4.43. The Morgan fingerprint density at radius 3 is 2.12 bits per heavy atom. The summed E-state index contributed by atoms with van der Waals surface area (Å²) < 4.78 is 25.9. The average Bonchev–Trinajstić information content (AvgIpc) is 2.49. The van der Waals surface area contributed by atoms with E-state index in [4.69, 9.17) is 0 Å². The van der Waals surface area contributed by atoms with Gasteiger partial charge in [0.05, 0.1) is 11.9 Å². The summed E-state index contributed by atoms with van der Waals surface area (Å²) >= 11 is 0. The van der Waals surface area contributed by atoms with Gasteiger partial charge in [0.1, 0.15) is 6.54 Å². The standard InChI is InChI=1S/C20H26N2O3S/c1-13-10-15(3)20(16(4)11-13)22(26(6,24)25)12-19(23)21-18-9-7-8-14(2)17(18)5/h7-11H,12H2,1-6H3,(H,21,23). The second kappa shape index (κ2) is 7.50. The summed E-state index contributed by atoms with van der Waals surface area (Å²) in [6.07, 6.45) is 1.12. The zero-order valence-electron chi connectivity index (χ0n) is 16.2. The van der Waals surface area contributed by atoms with Crippen molar-refractivity contribution in [2.45, 2.75) is 34.6 Å². The van der Waals surface area contributed by atoms with E-state index < -0.39 is 10.0 Å². The smallest absolute Gasteiger partial charge is 0.245 e. The largest absolute Gasteiger partial charge is 0.324 e. The van der Waals surface area contributed by atoms with E-state index in [1.165, 1.54) is 4.31 Å². The molecule has 0 saturated carbocycles. The summed E-state index contributed by atoms with van der Waals surface area (Å²) in [6, 6.07) is 9.48. The predicted octanol–water partition coefficient (Wildman–Crippen LogP) is 3.63. The number of hydrogen-bond donors (Lipinski definition) is 1. The van der Waals surface area contributed by atoms with Crippen molar-refractivity contribution in [1.82, 2.24) is 0 Å². The van der Waals surface area contributed by atoms with Crippen LogP contribution < -0.4 is 9.62 Å². The van der Waals surface area contributed by atoms with Gasteiger partial charge in [-0.1, -0.05) is 29.8 Å². The molecule has 0 atom stereocenters. The minimum atomic E-state index is -3.61. The molecule has 5 nitrogen and oxygen atoms in total. The molecule has 2 aromatic carbocycles. The summed E-state index contributed by atoms with van der Waals surface area (Å²) in [7, 11) is -3.61. The van der Waals surface area contributed by atoms with E-state index in [1.54, 1.807) is 0 Å². The first kappa shape index (κ1) is 20.0. The van der Waals surface area contributed by atoms with Gasteiger partial charge in [0.2, 0.25) is 15.9 Å². The van der Waals surface area contributed by atoms with Crippen LogP contribution in [0.1, 0.15) is 27.8 Å². The Kier molecular flexibility index (Phi) is 5.76. The molecular formula is C20H26N2O3S. The Bertz CT molecular complexity index is 927. The van der Waals surface area contributed by atoms with Crippen LogP contribution in [0.2, 0.25) is 0 Å². The molecule has 0 bridgehead atoms. The monoisotopic (exact) mass is 374 g/mol. The van der Waals surface area contributed by atoms with Gasteiger partial charge in [-0.3, -0.25) is 9.10 Å². The van der Waals surface area contributed by atoms with Gasteiger partial charge in [0.25, 0.3) is 0 Å². The maximum atomic E-state index is 12.6. The molecule has 1 N–H and O–H groups in total. The molecule has 1 amide bonds. The lowest BCUT2D eigenvalue weighted by Gasteiger charge is -2.26. The van der Waals surface area contributed by atoms with Crippen molar-refractivity contribution >= 4 is 27.3 Å². The number of nitrogens with one attached hydrogen (secondary N) is 1. The van der Waals surface area contributed by atoms with Crippen LogP contribution in [0.3, 0.4) is 0 Å². The predicted molar refractivity (Wildman–Crippen MR) is 107 cm³/mol. The zero-order valence-corrected chi connectivity index (χ0v) is 17.0. The van der Waals surface area contributed by atoms with Gasteiger partial charge in [-0.2, -0.15) is 0 Å². The zero-order chi connectivity index (χ0) is 19.6. The second-order valence-electron chi connectivity index (χ2n) is 6.81. The third-order valence-electron chi connectivity index (χ3n) is 4.45. The summed E-state index contributed by atoms with van der Waals surface area (Å²) in [5, 5.41) is 2.83. The number of amides is 1. The van der Waals surface area contributed by atoms with Crippen LogP contribution in [0, 0.1) is 34.6 Å². The Balaban J connectivity index is 2.36. The van der Waals surface area contributed by atoms with Crippen molar-refractivity contribution in [3.8, 4) is 0 Å². The number of benzene rings is 2. The number of hydrogen-bond acceptors (Lipinski definition) is 3. The first-order chi connectivity index (χ1) is 12.0. The molecule has 2 aromatic rings. The maximum Gasteiger partial charge on any atom is 0.245 e. The Morgan fingerprint density at radius 2 is 1.58 bits per heavy atom. The lowest BCUT2D eigenvalue weighted by atomic mass is 10.1. The van der Waals surface area contributed by atoms with Crippen molar-refractivity contribution in [3.63, 3.8) is 0 Å². The fourth-order valence-electron chi connectivity index (χ4n) is 3.13. The van der Waals surface area contributed by atoms with Gasteiger partial charge >= 0.3 is 0 Å². The van der Waals surface area contributed by atoms with Gasteiger partial charge in [0, 0.05) is 5.69 Å². The molecule has 0 aliphatic heterocycles. The van der Waals surface area contributed by atoms with Crippen molar-refractivity contribution in [3.05, 3.63) is 58.1 Å². The molecule has 26 heavy (non-hydrogen) atoms. The highest BCUT2D eigenvalue weighted by Gasteiger charge is 2.24. The minimum absolute atomic E-state index is 0.267. The molecule has 0 unspecified atom stereocenters. The second-order valence-corrected chi connectivity index (χ2v) is 8.72. The van der Waals surface area contributed by atoms with E-state index in [2.05, 4.69) is 5.32 Å². The molecule has 0 aliphatic rings. The molecular weight excluding hydrogens is 348 g/mol. The molecule has 0 heterocycles. The van der Waals surface area contributed by atoms with E-state index in [9.17, 15) is 13.2 Å². The highest BCUT2D eigenvalue weighted by atomic mass is 32.2. The molecule has 0 spiro atoms.